The van der Waals surface area contributed by atoms with Gasteiger partial charge in [-0.2, -0.15) is 0 Å². The third-order valence-electron chi connectivity index (χ3n) is 5.52. The van der Waals surface area contributed by atoms with E-state index in [1.807, 2.05) is 44.2 Å². The molecule has 0 aliphatic carbocycles. The Morgan fingerprint density at radius 2 is 1.78 bits per heavy atom. The van der Waals surface area contributed by atoms with Crippen LogP contribution < -0.4 is 16.4 Å². The fourth-order valence-electron chi connectivity index (χ4n) is 3.86. The van der Waals surface area contributed by atoms with Gasteiger partial charge in [0.25, 0.3) is 0 Å². The maximum atomic E-state index is 12.9. The second-order valence-electron chi connectivity index (χ2n) is 8.75. The van der Waals surface area contributed by atoms with Crippen molar-refractivity contribution in [1.82, 2.24) is 15.5 Å². The number of likely N-dealkylation sites (tertiary alicyclic amines) is 1. The van der Waals surface area contributed by atoms with Gasteiger partial charge in [0.1, 0.15) is 18.1 Å². The van der Waals surface area contributed by atoms with E-state index in [0.717, 1.165) is 5.56 Å². The van der Waals surface area contributed by atoms with Crippen LogP contribution in [0.1, 0.15) is 45.6 Å². The molecule has 9 heteroatoms. The first-order chi connectivity index (χ1) is 15.1. The minimum atomic E-state index is -1.10. The number of nitrogens with two attached hydrogens (primary N) is 1. The van der Waals surface area contributed by atoms with E-state index < -0.39 is 47.9 Å². The van der Waals surface area contributed by atoms with Gasteiger partial charge in [-0.3, -0.25) is 14.4 Å². The highest BCUT2D eigenvalue weighted by Gasteiger charge is 2.38. The molecule has 32 heavy (non-hydrogen) atoms. The number of rotatable bonds is 10. The topological polar surface area (TPSA) is 142 Å². The summed E-state index contributed by atoms with van der Waals surface area (Å²) in [6, 6.07) is 5.92. The van der Waals surface area contributed by atoms with Gasteiger partial charge >= 0.3 is 5.97 Å². The number of carboxylic acid groups (broad SMARTS) is 1. The molecule has 1 aliphatic heterocycles. The van der Waals surface area contributed by atoms with Crippen LogP contribution in [0.25, 0.3) is 0 Å². The molecule has 1 aromatic carbocycles. The first-order valence-corrected chi connectivity index (χ1v) is 11.0. The van der Waals surface area contributed by atoms with Gasteiger partial charge in [0.2, 0.25) is 17.7 Å². The minimum absolute atomic E-state index is 0.0908. The fraction of sp³-hybridized carbons (Fsp3) is 0.565. The van der Waals surface area contributed by atoms with Crippen molar-refractivity contribution >= 4 is 23.7 Å². The zero-order chi connectivity index (χ0) is 23.8. The number of amides is 3. The lowest BCUT2D eigenvalue weighted by Crippen LogP contribution is -2.56. The third kappa shape index (κ3) is 7.05. The van der Waals surface area contributed by atoms with E-state index in [2.05, 4.69) is 10.6 Å². The Balaban J connectivity index is 1.95. The molecule has 1 saturated heterocycles. The molecule has 0 bridgehead atoms. The van der Waals surface area contributed by atoms with E-state index in [1.54, 1.807) is 6.92 Å². The van der Waals surface area contributed by atoms with Gasteiger partial charge in [-0.05, 0) is 44.1 Å². The molecular formula is C23H34N4O5. The molecule has 2 rings (SSSR count). The van der Waals surface area contributed by atoms with Crippen molar-refractivity contribution in [1.29, 1.82) is 0 Å². The smallest absolute Gasteiger partial charge is 0.326 e. The van der Waals surface area contributed by atoms with Gasteiger partial charge in [0.05, 0.1) is 6.04 Å². The number of benzene rings is 1. The summed E-state index contributed by atoms with van der Waals surface area (Å²) in [4.78, 5) is 51.0. The number of hydrogen-bond donors (Lipinski definition) is 4. The van der Waals surface area contributed by atoms with Crippen molar-refractivity contribution in [3.63, 3.8) is 0 Å². The minimum Gasteiger partial charge on any atom is -0.480 e. The first-order valence-electron chi connectivity index (χ1n) is 11.0. The van der Waals surface area contributed by atoms with Crippen LogP contribution in [-0.2, 0) is 25.6 Å². The zero-order valence-electron chi connectivity index (χ0n) is 18.9. The number of carboxylic acids is 1. The Morgan fingerprint density at radius 3 is 2.38 bits per heavy atom. The summed E-state index contributed by atoms with van der Waals surface area (Å²) in [6.07, 6.45) is 1.71. The predicted octanol–water partition coefficient (Wildman–Crippen LogP) is 0.668. The Kier molecular flexibility index (Phi) is 9.19. The standard InChI is InChI=1S/C23H34N4O5/c1-14(2)12-18(23(31)32)26-21(29)19-10-7-11-27(19)22(30)15(3)25-20(28)17(24)13-16-8-5-4-6-9-16/h4-6,8-9,14-15,17-19H,7,10-13,24H2,1-3H3,(H,25,28)(H,26,29)(H,31,32). The van der Waals surface area contributed by atoms with Crippen LogP contribution in [0.2, 0.25) is 0 Å². The summed E-state index contributed by atoms with van der Waals surface area (Å²) in [5, 5.41) is 14.6. The number of nitrogens with zero attached hydrogens (tertiary/aromatic N) is 1. The summed E-state index contributed by atoms with van der Waals surface area (Å²) in [5.74, 6) is -2.33. The highest BCUT2D eigenvalue weighted by Crippen LogP contribution is 2.19. The second kappa shape index (κ2) is 11.6. The molecule has 1 aliphatic rings. The Hall–Kier alpha value is -2.94. The largest absolute Gasteiger partial charge is 0.480 e. The summed E-state index contributed by atoms with van der Waals surface area (Å²) in [5.41, 5.74) is 6.91. The molecule has 0 radical (unpaired) electrons. The number of nitrogens with one attached hydrogen (secondary N) is 2. The average Bonchev–Trinajstić information content (AvgIpc) is 3.22. The third-order valence-corrected chi connectivity index (χ3v) is 5.52. The number of aliphatic carboxylic acids is 1. The second-order valence-corrected chi connectivity index (χ2v) is 8.75. The molecule has 9 nitrogen and oxygen atoms in total. The lowest BCUT2D eigenvalue weighted by atomic mass is 10.0. The van der Waals surface area contributed by atoms with Crippen LogP contribution >= 0.6 is 0 Å². The van der Waals surface area contributed by atoms with Crippen LogP contribution in [0.3, 0.4) is 0 Å². The molecule has 1 heterocycles. The number of carbonyl (C=O) groups is 4. The van der Waals surface area contributed by atoms with Gasteiger partial charge in [0.15, 0.2) is 0 Å². The van der Waals surface area contributed by atoms with E-state index in [4.69, 9.17) is 5.73 Å². The van der Waals surface area contributed by atoms with Gasteiger partial charge in [0, 0.05) is 6.54 Å². The highest BCUT2D eigenvalue weighted by molar-refractivity contribution is 5.94. The zero-order valence-corrected chi connectivity index (χ0v) is 18.9. The molecule has 4 atom stereocenters. The van der Waals surface area contributed by atoms with Gasteiger partial charge in [-0.1, -0.05) is 44.2 Å². The van der Waals surface area contributed by atoms with Crippen molar-refractivity contribution < 1.29 is 24.3 Å². The quantitative estimate of drug-likeness (QED) is 0.416. The SMILES string of the molecule is CC(C)CC(NC(=O)C1CCCN1C(=O)C(C)NC(=O)C(N)Cc1ccccc1)C(=O)O. The Morgan fingerprint density at radius 1 is 1.12 bits per heavy atom. The van der Waals surface area contributed by atoms with Crippen LogP contribution in [0, 0.1) is 5.92 Å². The normalized spacial score (nSPS) is 18.7. The summed E-state index contributed by atoms with van der Waals surface area (Å²) in [6.45, 7) is 5.68. The maximum Gasteiger partial charge on any atom is 0.326 e. The van der Waals surface area contributed by atoms with E-state index in [-0.39, 0.29) is 5.92 Å². The van der Waals surface area contributed by atoms with Crippen molar-refractivity contribution in [2.45, 2.75) is 70.6 Å². The van der Waals surface area contributed by atoms with Crippen LogP contribution in [0.15, 0.2) is 30.3 Å². The van der Waals surface area contributed by atoms with Crippen molar-refractivity contribution in [3.05, 3.63) is 35.9 Å². The van der Waals surface area contributed by atoms with Gasteiger partial charge in [-0.25, -0.2) is 4.79 Å². The summed E-state index contributed by atoms with van der Waals surface area (Å²) < 4.78 is 0. The summed E-state index contributed by atoms with van der Waals surface area (Å²) in [7, 11) is 0. The monoisotopic (exact) mass is 446 g/mol. The van der Waals surface area contributed by atoms with E-state index in [0.29, 0.717) is 32.2 Å². The molecule has 0 saturated carbocycles. The average molecular weight is 447 g/mol. The van der Waals surface area contributed by atoms with Gasteiger partial charge in [-0.15, -0.1) is 0 Å². The lowest BCUT2D eigenvalue weighted by molar-refractivity contribution is -0.145. The van der Waals surface area contributed by atoms with Crippen LogP contribution in [-0.4, -0.2) is 64.4 Å². The molecule has 1 aromatic rings. The van der Waals surface area contributed by atoms with Crippen molar-refractivity contribution in [2.75, 3.05) is 6.54 Å². The van der Waals surface area contributed by atoms with E-state index in [9.17, 15) is 24.3 Å². The molecule has 0 aromatic heterocycles. The molecular weight excluding hydrogens is 412 g/mol. The summed E-state index contributed by atoms with van der Waals surface area (Å²) >= 11 is 0. The maximum absolute atomic E-state index is 12.9. The van der Waals surface area contributed by atoms with Gasteiger partial charge < -0.3 is 26.4 Å². The Labute approximate surface area is 188 Å². The number of hydrogen-bond acceptors (Lipinski definition) is 5. The molecule has 1 fully saturated rings. The molecule has 0 spiro atoms. The van der Waals surface area contributed by atoms with E-state index in [1.165, 1.54) is 4.90 Å². The fourth-order valence-corrected chi connectivity index (χ4v) is 3.86. The molecule has 4 unspecified atom stereocenters. The van der Waals surface area contributed by atoms with Crippen LogP contribution in [0.5, 0.6) is 0 Å². The molecule has 176 valence electrons. The molecule has 5 N–H and O–H groups in total. The lowest BCUT2D eigenvalue weighted by Gasteiger charge is -2.28. The highest BCUT2D eigenvalue weighted by atomic mass is 16.4. The van der Waals surface area contributed by atoms with Crippen molar-refractivity contribution in [3.8, 4) is 0 Å². The Bertz CT molecular complexity index is 814. The van der Waals surface area contributed by atoms with Crippen LogP contribution in [0.4, 0.5) is 0 Å². The predicted molar refractivity (Wildman–Crippen MR) is 119 cm³/mol. The first kappa shape index (κ1) is 25.3. The number of carbonyl (C=O) groups excluding carboxylic acids is 3. The van der Waals surface area contributed by atoms with E-state index >= 15 is 0 Å². The van der Waals surface area contributed by atoms with Crippen molar-refractivity contribution in [2.24, 2.45) is 11.7 Å². The molecule has 3 amide bonds.